The number of phenols is 1. The molecular formula is C16H18O. The van der Waals surface area contributed by atoms with Crippen LogP contribution in [-0.2, 0) is 12.8 Å². The van der Waals surface area contributed by atoms with Gasteiger partial charge in [0.15, 0.2) is 0 Å². The van der Waals surface area contributed by atoms with Crippen molar-refractivity contribution in [2.45, 2.75) is 26.7 Å². The van der Waals surface area contributed by atoms with Crippen molar-refractivity contribution in [1.29, 1.82) is 0 Å². The van der Waals surface area contributed by atoms with E-state index in [0.29, 0.717) is 5.75 Å². The van der Waals surface area contributed by atoms with Gasteiger partial charge in [0.1, 0.15) is 5.75 Å². The first kappa shape index (κ1) is 11.7. The molecule has 88 valence electrons. The number of aromatic hydroxyl groups is 1. The zero-order chi connectivity index (χ0) is 12.3. The predicted octanol–water partition coefficient (Wildman–Crippen LogP) is 4.18. The maximum Gasteiger partial charge on any atom is 0.115 e. The van der Waals surface area contributed by atoms with Gasteiger partial charge in [0, 0.05) is 0 Å². The average molecular weight is 226 g/mol. The molecule has 1 heteroatoms. The molecule has 1 N–H and O–H groups in total. The van der Waals surface area contributed by atoms with Gasteiger partial charge >= 0.3 is 0 Å². The summed E-state index contributed by atoms with van der Waals surface area (Å²) in [6, 6.07) is 14.1. The van der Waals surface area contributed by atoms with Crippen LogP contribution in [0.1, 0.15) is 25.0 Å². The van der Waals surface area contributed by atoms with Gasteiger partial charge < -0.3 is 5.11 Å². The smallest absolute Gasteiger partial charge is 0.115 e. The first-order chi connectivity index (χ1) is 8.22. The lowest BCUT2D eigenvalue weighted by molar-refractivity contribution is 0.475. The fraction of sp³-hybridized carbons (Fsp3) is 0.250. The molecule has 0 radical (unpaired) electrons. The Bertz CT molecular complexity index is 475. The molecule has 0 fully saturated rings. The molecule has 0 aliphatic heterocycles. The Kier molecular flexibility index (Phi) is 3.48. The van der Waals surface area contributed by atoms with Gasteiger partial charge in [0.2, 0.25) is 0 Å². The highest BCUT2D eigenvalue weighted by Crippen LogP contribution is 2.24. The molecule has 0 aromatic heterocycles. The zero-order valence-electron chi connectivity index (χ0n) is 10.4. The molecule has 0 bridgehead atoms. The van der Waals surface area contributed by atoms with Crippen LogP contribution in [-0.4, -0.2) is 5.11 Å². The number of hydrogen-bond acceptors (Lipinski definition) is 1. The van der Waals surface area contributed by atoms with Crippen LogP contribution >= 0.6 is 0 Å². The molecule has 17 heavy (non-hydrogen) atoms. The monoisotopic (exact) mass is 226 g/mol. The average Bonchev–Trinajstić information content (AvgIpc) is 2.39. The van der Waals surface area contributed by atoms with Crippen LogP contribution < -0.4 is 0 Å². The Labute approximate surface area is 103 Å². The first-order valence-electron chi connectivity index (χ1n) is 6.15. The summed E-state index contributed by atoms with van der Waals surface area (Å²) in [7, 11) is 0. The lowest BCUT2D eigenvalue weighted by Crippen LogP contribution is -1.88. The zero-order valence-corrected chi connectivity index (χ0v) is 10.4. The molecule has 0 aliphatic carbocycles. The van der Waals surface area contributed by atoms with E-state index in [1.165, 1.54) is 16.7 Å². The molecule has 0 saturated heterocycles. The van der Waals surface area contributed by atoms with Crippen molar-refractivity contribution in [3.05, 3.63) is 53.6 Å². The van der Waals surface area contributed by atoms with Gasteiger partial charge in [0.05, 0.1) is 0 Å². The van der Waals surface area contributed by atoms with Crippen molar-refractivity contribution in [1.82, 2.24) is 0 Å². The number of rotatable bonds is 3. The van der Waals surface area contributed by atoms with Gasteiger partial charge in [-0.25, -0.2) is 0 Å². The third-order valence-corrected chi connectivity index (χ3v) is 3.07. The minimum absolute atomic E-state index is 0.316. The van der Waals surface area contributed by atoms with E-state index < -0.39 is 0 Å². The summed E-state index contributed by atoms with van der Waals surface area (Å²) < 4.78 is 0. The molecule has 1 nitrogen and oxygen atoms in total. The van der Waals surface area contributed by atoms with E-state index in [-0.39, 0.29) is 0 Å². The minimum atomic E-state index is 0.316. The molecule has 0 aliphatic rings. The maximum atomic E-state index is 9.31. The summed E-state index contributed by atoms with van der Waals surface area (Å²) >= 11 is 0. The van der Waals surface area contributed by atoms with Crippen molar-refractivity contribution < 1.29 is 5.11 Å². The van der Waals surface area contributed by atoms with Crippen molar-refractivity contribution in [2.24, 2.45) is 0 Å². The van der Waals surface area contributed by atoms with Gasteiger partial charge in [-0.2, -0.15) is 0 Å². The minimum Gasteiger partial charge on any atom is -0.508 e. The highest BCUT2D eigenvalue weighted by molar-refractivity contribution is 5.66. The van der Waals surface area contributed by atoms with Crippen LogP contribution in [0.15, 0.2) is 42.5 Å². The molecule has 2 rings (SSSR count). The predicted molar refractivity (Wildman–Crippen MR) is 72.3 cm³/mol. The molecule has 0 heterocycles. The Morgan fingerprint density at radius 2 is 1.29 bits per heavy atom. The van der Waals surface area contributed by atoms with Crippen LogP contribution in [0, 0.1) is 0 Å². The lowest BCUT2D eigenvalue weighted by atomic mass is 9.98. The van der Waals surface area contributed by atoms with Crippen molar-refractivity contribution in [3.63, 3.8) is 0 Å². The summed E-state index contributed by atoms with van der Waals surface area (Å²) in [5.74, 6) is 0.316. The Balaban J connectivity index is 2.46. The first-order valence-corrected chi connectivity index (χ1v) is 6.15. The Hall–Kier alpha value is -1.76. The number of benzene rings is 2. The Morgan fingerprint density at radius 3 is 1.76 bits per heavy atom. The summed E-state index contributed by atoms with van der Waals surface area (Å²) in [6.07, 6.45) is 2.11. The highest BCUT2D eigenvalue weighted by atomic mass is 16.3. The lowest BCUT2D eigenvalue weighted by Gasteiger charge is -2.08. The van der Waals surface area contributed by atoms with Gasteiger partial charge in [-0.3, -0.25) is 0 Å². The molecule has 2 aromatic carbocycles. The van der Waals surface area contributed by atoms with Gasteiger partial charge in [-0.15, -0.1) is 0 Å². The number of phenolic OH excluding ortho intramolecular Hbond substituents is 1. The van der Waals surface area contributed by atoms with Gasteiger partial charge in [-0.1, -0.05) is 44.2 Å². The van der Waals surface area contributed by atoms with E-state index in [1.54, 1.807) is 12.1 Å². The molecule has 0 amide bonds. The fourth-order valence-electron chi connectivity index (χ4n) is 1.99. The highest BCUT2D eigenvalue weighted by Gasteiger charge is 2.02. The van der Waals surface area contributed by atoms with Crippen LogP contribution in [0.3, 0.4) is 0 Å². The van der Waals surface area contributed by atoms with Crippen LogP contribution in [0.2, 0.25) is 0 Å². The molecule has 0 spiro atoms. The summed E-state index contributed by atoms with van der Waals surface area (Å²) in [4.78, 5) is 0. The fourth-order valence-corrected chi connectivity index (χ4v) is 1.99. The molecule has 0 saturated carbocycles. The van der Waals surface area contributed by atoms with E-state index in [4.69, 9.17) is 0 Å². The number of hydrogen-bond donors (Lipinski definition) is 1. The normalized spacial score (nSPS) is 10.5. The molecular weight excluding hydrogens is 208 g/mol. The number of aryl methyl sites for hydroxylation is 2. The van der Waals surface area contributed by atoms with Crippen molar-refractivity contribution in [2.75, 3.05) is 0 Å². The maximum absolute atomic E-state index is 9.31. The molecule has 0 unspecified atom stereocenters. The third-order valence-electron chi connectivity index (χ3n) is 3.07. The van der Waals surface area contributed by atoms with Crippen molar-refractivity contribution >= 4 is 0 Å². The molecule has 0 atom stereocenters. The second-order valence-electron chi connectivity index (χ2n) is 4.29. The van der Waals surface area contributed by atoms with E-state index in [0.717, 1.165) is 18.4 Å². The SMILES string of the molecule is CCc1cc(CC)cc(-c2ccc(O)cc2)c1. The molecule has 2 aromatic rings. The van der Waals surface area contributed by atoms with E-state index in [9.17, 15) is 5.11 Å². The topological polar surface area (TPSA) is 20.2 Å². The summed E-state index contributed by atoms with van der Waals surface area (Å²) in [5.41, 5.74) is 5.13. The standard InChI is InChI=1S/C16H18O/c1-3-12-9-13(4-2)11-15(10-12)14-5-7-16(17)8-6-14/h5-11,17H,3-4H2,1-2H3. The van der Waals surface area contributed by atoms with Crippen LogP contribution in [0.25, 0.3) is 11.1 Å². The van der Waals surface area contributed by atoms with Crippen molar-refractivity contribution in [3.8, 4) is 16.9 Å². The van der Waals surface area contributed by atoms with Crippen LogP contribution in [0.4, 0.5) is 0 Å². The van der Waals surface area contributed by atoms with Gasteiger partial charge in [0.25, 0.3) is 0 Å². The second-order valence-corrected chi connectivity index (χ2v) is 4.29. The van der Waals surface area contributed by atoms with Crippen LogP contribution in [0.5, 0.6) is 5.75 Å². The Morgan fingerprint density at radius 1 is 0.765 bits per heavy atom. The van der Waals surface area contributed by atoms with E-state index in [2.05, 4.69) is 32.0 Å². The van der Waals surface area contributed by atoms with E-state index >= 15 is 0 Å². The third kappa shape index (κ3) is 2.68. The largest absolute Gasteiger partial charge is 0.508 e. The van der Waals surface area contributed by atoms with E-state index in [1.807, 2.05) is 12.1 Å². The summed E-state index contributed by atoms with van der Waals surface area (Å²) in [6.45, 7) is 4.35. The van der Waals surface area contributed by atoms with Gasteiger partial charge in [-0.05, 0) is 47.2 Å². The summed E-state index contributed by atoms with van der Waals surface area (Å²) in [5, 5.41) is 9.31. The quantitative estimate of drug-likeness (QED) is 0.832. The second kappa shape index (κ2) is 5.05.